The van der Waals surface area contributed by atoms with Gasteiger partial charge in [-0.1, -0.05) is 35.4 Å². The van der Waals surface area contributed by atoms with E-state index in [-0.39, 0.29) is 6.10 Å². The molecule has 0 spiro atoms. The van der Waals surface area contributed by atoms with Crippen molar-refractivity contribution in [3.05, 3.63) is 94.1 Å². The average Bonchev–Trinajstić information content (AvgIpc) is 3.36. The second kappa shape index (κ2) is 16.7. The van der Waals surface area contributed by atoms with Crippen LogP contribution in [0.25, 0.3) is 0 Å². The molecule has 2 fully saturated rings. The molecule has 260 valence electrons. The third-order valence-electron chi connectivity index (χ3n) is 9.87. The summed E-state index contributed by atoms with van der Waals surface area (Å²) in [6, 6.07) is 17.7. The molecule has 2 saturated heterocycles. The molecule has 2 heterocycles. The average molecular weight is 768 g/mol. The predicted octanol–water partition coefficient (Wildman–Crippen LogP) is 10.2. The fourth-order valence-corrected chi connectivity index (χ4v) is 9.39. The molecular formula is C40H57Cl2N3ORu. The fraction of sp³-hybridized carbons (Fsp3) is 0.500. The molecule has 4 nitrogen and oxygen atoms in total. The Kier molecular flexibility index (Phi) is 13.4. The maximum atomic E-state index is 5.82. The largest absolute Gasteiger partial charge is 0.501 e. The molecule has 47 heavy (non-hydrogen) atoms. The molecule has 1 unspecified atom stereocenters. The van der Waals surface area contributed by atoms with E-state index < -0.39 is 13.5 Å². The van der Waals surface area contributed by atoms with Gasteiger partial charge in [0.25, 0.3) is 0 Å². The van der Waals surface area contributed by atoms with Gasteiger partial charge >= 0.3 is 97.8 Å². The summed E-state index contributed by atoms with van der Waals surface area (Å²) < 4.78 is 8.77. The number of anilines is 2. The standard InChI is InChI=1S/C30H45N3.C10H12O.2ClH.Ru/c1-9-33(8)12-10-27(11-13-33)18-28-19-31(29-23(4)14-21(2)15-24(29)5)20-32(28)30-25(6)16-22(3)17-26(30)7;1-8(2)11-10-7-5-4-6-9(10)3;;;/h14-17,20,27-28H,9-13,18-19H2,1-8H3;3-8H,1-2H3;2*1H;/q;;;;+2/p-2. The molecule has 0 bridgehead atoms. The molecule has 2 aliphatic heterocycles. The van der Waals surface area contributed by atoms with Gasteiger partial charge in [0, 0.05) is 24.0 Å². The zero-order valence-electron chi connectivity index (χ0n) is 30.3. The van der Waals surface area contributed by atoms with Crippen molar-refractivity contribution in [2.45, 2.75) is 93.7 Å². The Bertz CT molecular complexity index is 1500. The predicted molar refractivity (Wildman–Crippen MR) is 202 cm³/mol. The van der Waals surface area contributed by atoms with Gasteiger partial charge in [0.15, 0.2) is 0 Å². The Balaban J connectivity index is 0.000000300. The Morgan fingerprint density at radius 3 is 1.94 bits per heavy atom. The Labute approximate surface area is 299 Å². The van der Waals surface area contributed by atoms with Crippen LogP contribution in [-0.4, -0.2) is 54.5 Å². The SMILES string of the molecule is CC(C)Oc1ccccc1[CH]=[Ru]([Cl])[Cl].CC[N+]1(C)CCC(CC2CN(c3c(C)cc(C)cc3C)[CH-]N2c2c(C)cc(C)cc2C)CC1. The summed E-state index contributed by atoms with van der Waals surface area (Å²) in [6.07, 6.45) is 4.18. The molecule has 0 aromatic heterocycles. The van der Waals surface area contributed by atoms with Gasteiger partial charge in [0.2, 0.25) is 0 Å². The Morgan fingerprint density at radius 2 is 1.43 bits per heavy atom. The van der Waals surface area contributed by atoms with Gasteiger partial charge in [0.05, 0.1) is 26.7 Å². The summed E-state index contributed by atoms with van der Waals surface area (Å²) in [5.41, 5.74) is 12.1. The maximum Gasteiger partial charge on any atom is 0.0787 e. The second-order valence-corrected chi connectivity index (χ2v) is 20.1. The van der Waals surface area contributed by atoms with Crippen molar-refractivity contribution in [1.82, 2.24) is 0 Å². The van der Waals surface area contributed by atoms with E-state index >= 15 is 0 Å². The Morgan fingerprint density at radius 1 is 0.894 bits per heavy atom. The van der Waals surface area contributed by atoms with Crippen LogP contribution in [0.3, 0.4) is 0 Å². The number of benzene rings is 3. The van der Waals surface area contributed by atoms with Crippen LogP contribution in [0.5, 0.6) is 5.75 Å². The number of halogens is 2. The van der Waals surface area contributed by atoms with Gasteiger partial charge in [-0.25, -0.2) is 0 Å². The smallest absolute Gasteiger partial charge is 0.0787 e. The molecule has 2 aliphatic rings. The van der Waals surface area contributed by atoms with Crippen molar-refractivity contribution in [3.63, 3.8) is 0 Å². The van der Waals surface area contributed by atoms with Gasteiger partial charge in [-0.05, 0) is 95.9 Å². The first-order chi connectivity index (χ1) is 22.2. The van der Waals surface area contributed by atoms with Crippen LogP contribution in [-0.2, 0) is 13.5 Å². The van der Waals surface area contributed by atoms with Gasteiger partial charge in [-0.3, -0.25) is 0 Å². The van der Waals surface area contributed by atoms with Gasteiger partial charge in [-0.15, -0.1) is 0 Å². The molecule has 5 rings (SSSR count). The summed E-state index contributed by atoms with van der Waals surface area (Å²) >= 11 is -1.77. The molecule has 0 aliphatic carbocycles. The summed E-state index contributed by atoms with van der Waals surface area (Å²) in [5, 5.41) is 0. The summed E-state index contributed by atoms with van der Waals surface area (Å²) in [4.78, 5) is 5.17. The van der Waals surface area contributed by atoms with E-state index in [9.17, 15) is 0 Å². The first-order valence-corrected chi connectivity index (χ1v) is 22.7. The maximum absolute atomic E-state index is 5.82. The van der Waals surface area contributed by atoms with Crippen LogP contribution in [0.4, 0.5) is 11.4 Å². The summed E-state index contributed by atoms with van der Waals surface area (Å²) in [7, 11) is 14.1. The van der Waals surface area contributed by atoms with Gasteiger partial charge in [0.1, 0.15) is 0 Å². The van der Waals surface area contributed by atoms with Gasteiger partial charge in [-0.2, -0.15) is 6.67 Å². The van der Waals surface area contributed by atoms with Crippen LogP contribution >= 0.6 is 19.4 Å². The minimum Gasteiger partial charge on any atom is -0.501 e. The monoisotopic (exact) mass is 767 g/mol. The van der Waals surface area contributed by atoms with E-state index in [0.717, 1.165) is 23.8 Å². The summed E-state index contributed by atoms with van der Waals surface area (Å²) in [5.74, 6) is 1.68. The third kappa shape index (κ3) is 10.1. The minimum atomic E-state index is -1.77. The number of quaternary nitrogens is 1. The number of nitrogens with zero attached hydrogens (tertiary/aromatic N) is 3. The van der Waals surface area contributed by atoms with Crippen LogP contribution in [0.2, 0.25) is 0 Å². The molecule has 0 N–H and O–H groups in total. The van der Waals surface area contributed by atoms with E-state index in [0.29, 0.717) is 6.04 Å². The Hall–Kier alpha value is -1.91. The van der Waals surface area contributed by atoms with E-state index in [1.165, 1.54) is 88.1 Å². The molecule has 0 amide bonds. The molecule has 1 atom stereocenters. The van der Waals surface area contributed by atoms with Crippen LogP contribution in [0.1, 0.15) is 79.0 Å². The molecule has 0 radical (unpaired) electrons. The first-order valence-electron chi connectivity index (χ1n) is 17.2. The van der Waals surface area contributed by atoms with Crippen LogP contribution in [0.15, 0.2) is 48.5 Å². The molecule has 3 aromatic carbocycles. The number of aryl methyl sites for hydroxylation is 6. The zero-order valence-corrected chi connectivity index (χ0v) is 33.6. The number of rotatable bonds is 8. The molecule has 0 saturated carbocycles. The van der Waals surface area contributed by atoms with Crippen LogP contribution < -0.4 is 14.5 Å². The van der Waals surface area contributed by atoms with Crippen molar-refractivity contribution < 1.29 is 22.7 Å². The van der Waals surface area contributed by atoms with Crippen molar-refractivity contribution in [3.8, 4) is 5.75 Å². The van der Waals surface area contributed by atoms with E-state index in [4.69, 9.17) is 24.1 Å². The van der Waals surface area contributed by atoms with E-state index in [1.54, 1.807) is 0 Å². The van der Waals surface area contributed by atoms with E-state index in [1.807, 2.05) is 42.7 Å². The normalized spacial score (nSPS) is 21.4. The van der Waals surface area contributed by atoms with Crippen molar-refractivity contribution in [2.75, 3.05) is 43.0 Å². The topological polar surface area (TPSA) is 15.7 Å². The van der Waals surface area contributed by atoms with Crippen molar-refractivity contribution >= 4 is 35.4 Å². The molecule has 7 heteroatoms. The summed E-state index contributed by atoms with van der Waals surface area (Å²) in [6.45, 7) is 27.3. The molecule has 3 aromatic rings. The number of ether oxygens (including phenoxy) is 1. The van der Waals surface area contributed by atoms with E-state index in [2.05, 4.69) is 96.2 Å². The fourth-order valence-electron chi connectivity index (χ4n) is 7.58. The quantitative estimate of drug-likeness (QED) is 0.129. The van der Waals surface area contributed by atoms with Gasteiger partial charge < -0.3 is 14.3 Å². The van der Waals surface area contributed by atoms with Crippen molar-refractivity contribution in [1.29, 1.82) is 0 Å². The second-order valence-electron chi connectivity index (χ2n) is 14.4. The van der Waals surface area contributed by atoms with Crippen molar-refractivity contribution in [2.24, 2.45) is 5.92 Å². The number of hydrogen-bond donors (Lipinski definition) is 0. The van der Waals surface area contributed by atoms with Crippen LogP contribution in [0, 0.1) is 54.1 Å². The number of piperidine rings is 1. The number of para-hydroxylation sites is 1. The number of likely N-dealkylation sites (tertiary alicyclic amines) is 1. The first kappa shape index (κ1) is 37.9. The minimum absolute atomic E-state index is 0.163. The molecular weight excluding hydrogens is 710 g/mol. The third-order valence-corrected chi connectivity index (χ3v) is 11.7. The zero-order chi connectivity index (χ0) is 34.5. The number of hydrogen-bond acceptors (Lipinski definition) is 3.